The van der Waals surface area contributed by atoms with Crippen molar-refractivity contribution in [2.45, 2.75) is 11.3 Å². The van der Waals surface area contributed by atoms with Gasteiger partial charge in [-0.15, -0.1) is 11.8 Å². The molecule has 0 saturated carbocycles. The second-order valence-corrected chi connectivity index (χ2v) is 5.44. The molecule has 0 aliphatic heterocycles. The van der Waals surface area contributed by atoms with E-state index in [1.54, 1.807) is 28.7 Å². The zero-order valence-electron chi connectivity index (χ0n) is 11.4. The van der Waals surface area contributed by atoms with Crippen molar-refractivity contribution < 1.29 is 4.79 Å². The van der Waals surface area contributed by atoms with Crippen LogP contribution in [0.3, 0.4) is 0 Å². The summed E-state index contributed by atoms with van der Waals surface area (Å²) < 4.78 is 1.64. The maximum absolute atomic E-state index is 11.6. The smallest absolute Gasteiger partial charge is 0.320 e. The second kappa shape index (κ2) is 7.59. The van der Waals surface area contributed by atoms with Gasteiger partial charge in [-0.05, 0) is 24.3 Å². The van der Waals surface area contributed by atoms with E-state index in [-0.39, 0.29) is 6.03 Å². The molecule has 1 aromatic carbocycles. The van der Waals surface area contributed by atoms with E-state index in [1.807, 2.05) is 25.2 Å². The Bertz CT molecular complexity index is 541. The van der Waals surface area contributed by atoms with Crippen LogP contribution in [0, 0.1) is 0 Å². The summed E-state index contributed by atoms with van der Waals surface area (Å²) in [6.07, 6.45) is 2.71. The molecule has 1 aromatic heterocycles. The second-order valence-electron chi connectivity index (χ2n) is 4.27. The van der Waals surface area contributed by atoms with Gasteiger partial charge in [-0.2, -0.15) is 5.10 Å². The van der Waals surface area contributed by atoms with Crippen molar-refractivity contribution in [2.24, 2.45) is 7.05 Å². The average Bonchev–Trinajstić information content (AvgIpc) is 2.85. The van der Waals surface area contributed by atoms with Crippen molar-refractivity contribution in [1.82, 2.24) is 15.1 Å². The summed E-state index contributed by atoms with van der Waals surface area (Å²) in [4.78, 5) is 12.8. The number of anilines is 1. The van der Waals surface area contributed by atoms with Gasteiger partial charge >= 0.3 is 6.03 Å². The van der Waals surface area contributed by atoms with E-state index in [0.717, 1.165) is 12.2 Å². The zero-order chi connectivity index (χ0) is 14.2. The third kappa shape index (κ3) is 4.97. The minimum Gasteiger partial charge on any atom is -0.338 e. The minimum atomic E-state index is -0.214. The molecule has 0 spiro atoms. The molecule has 0 atom stereocenters. The largest absolute Gasteiger partial charge is 0.338 e. The van der Waals surface area contributed by atoms with Gasteiger partial charge in [0.05, 0.1) is 0 Å². The van der Waals surface area contributed by atoms with E-state index in [2.05, 4.69) is 27.9 Å². The Morgan fingerprint density at radius 3 is 2.80 bits per heavy atom. The number of rotatable bonds is 6. The fourth-order valence-electron chi connectivity index (χ4n) is 1.62. The van der Waals surface area contributed by atoms with Crippen molar-refractivity contribution in [3.63, 3.8) is 0 Å². The van der Waals surface area contributed by atoms with Crippen LogP contribution in [-0.4, -0.2) is 28.1 Å². The lowest BCUT2D eigenvalue weighted by Gasteiger charge is -2.05. The summed E-state index contributed by atoms with van der Waals surface area (Å²) in [5.74, 6) is 1.54. The summed E-state index contributed by atoms with van der Waals surface area (Å²) in [5.41, 5.74) is 0. The summed E-state index contributed by atoms with van der Waals surface area (Å²) in [6, 6.07) is 11.8. The van der Waals surface area contributed by atoms with E-state index >= 15 is 0 Å². The number of nitrogens with one attached hydrogen (secondary N) is 2. The fourth-order valence-corrected chi connectivity index (χ4v) is 2.50. The Kier molecular flexibility index (Phi) is 5.49. The summed E-state index contributed by atoms with van der Waals surface area (Å²) >= 11 is 1.79. The first-order valence-corrected chi connectivity index (χ1v) is 7.45. The number of carbonyl (C=O) groups is 1. The first-order valence-electron chi connectivity index (χ1n) is 6.46. The summed E-state index contributed by atoms with van der Waals surface area (Å²) in [7, 11) is 1.81. The van der Waals surface area contributed by atoms with Gasteiger partial charge in [0.25, 0.3) is 0 Å². The van der Waals surface area contributed by atoms with Crippen molar-refractivity contribution >= 4 is 23.6 Å². The highest BCUT2D eigenvalue weighted by molar-refractivity contribution is 7.99. The van der Waals surface area contributed by atoms with Crippen molar-refractivity contribution in [2.75, 3.05) is 17.6 Å². The van der Waals surface area contributed by atoms with E-state index in [4.69, 9.17) is 0 Å². The van der Waals surface area contributed by atoms with Gasteiger partial charge in [-0.3, -0.25) is 10.00 Å². The quantitative estimate of drug-likeness (QED) is 0.635. The van der Waals surface area contributed by atoms with Crippen LogP contribution >= 0.6 is 11.8 Å². The lowest BCUT2D eigenvalue weighted by atomic mass is 10.4. The number of urea groups is 1. The van der Waals surface area contributed by atoms with E-state index < -0.39 is 0 Å². The maximum atomic E-state index is 11.6. The molecule has 0 aliphatic carbocycles. The van der Waals surface area contributed by atoms with Crippen LogP contribution in [-0.2, 0) is 7.05 Å². The van der Waals surface area contributed by atoms with Crippen LogP contribution in [0.1, 0.15) is 6.42 Å². The van der Waals surface area contributed by atoms with Crippen LogP contribution < -0.4 is 10.6 Å². The molecule has 0 bridgehead atoms. The number of hydrogen-bond acceptors (Lipinski definition) is 3. The van der Waals surface area contributed by atoms with Gasteiger partial charge in [0, 0.05) is 30.8 Å². The molecule has 106 valence electrons. The van der Waals surface area contributed by atoms with Gasteiger partial charge in [0.1, 0.15) is 0 Å². The predicted octanol–water partition coefficient (Wildman–Crippen LogP) is 2.72. The topological polar surface area (TPSA) is 59.0 Å². The molecular weight excluding hydrogens is 272 g/mol. The highest BCUT2D eigenvalue weighted by Gasteiger charge is 2.02. The number of thioether (sulfide) groups is 1. The van der Waals surface area contributed by atoms with Gasteiger partial charge in [0.15, 0.2) is 5.82 Å². The number of hydrogen-bond donors (Lipinski definition) is 2. The fraction of sp³-hybridized carbons (Fsp3) is 0.286. The minimum absolute atomic E-state index is 0.214. The van der Waals surface area contributed by atoms with Gasteiger partial charge in [-0.25, -0.2) is 4.79 Å². The van der Waals surface area contributed by atoms with E-state index in [0.29, 0.717) is 12.4 Å². The van der Waals surface area contributed by atoms with Crippen LogP contribution in [0.4, 0.5) is 10.6 Å². The third-order valence-electron chi connectivity index (χ3n) is 2.57. The Labute approximate surface area is 122 Å². The van der Waals surface area contributed by atoms with Crippen LogP contribution in [0.25, 0.3) is 0 Å². The van der Waals surface area contributed by atoms with Crippen LogP contribution in [0.2, 0.25) is 0 Å². The highest BCUT2D eigenvalue weighted by atomic mass is 32.2. The Morgan fingerprint density at radius 1 is 1.30 bits per heavy atom. The molecule has 0 saturated heterocycles. The molecule has 0 fully saturated rings. The molecule has 0 radical (unpaired) electrons. The van der Waals surface area contributed by atoms with Gasteiger partial charge < -0.3 is 5.32 Å². The lowest BCUT2D eigenvalue weighted by molar-refractivity contribution is 0.252. The number of aryl methyl sites for hydroxylation is 1. The molecule has 20 heavy (non-hydrogen) atoms. The third-order valence-corrected chi connectivity index (χ3v) is 3.67. The summed E-state index contributed by atoms with van der Waals surface area (Å²) in [5, 5.41) is 9.57. The molecule has 2 N–H and O–H groups in total. The zero-order valence-corrected chi connectivity index (χ0v) is 12.2. The molecule has 2 amide bonds. The Morgan fingerprint density at radius 2 is 2.10 bits per heavy atom. The predicted molar refractivity (Wildman–Crippen MR) is 82.0 cm³/mol. The van der Waals surface area contributed by atoms with Crippen molar-refractivity contribution in [1.29, 1.82) is 0 Å². The molecule has 0 aliphatic rings. The van der Waals surface area contributed by atoms with Crippen LogP contribution in [0.15, 0.2) is 47.5 Å². The molecule has 6 heteroatoms. The monoisotopic (exact) mass is 290 g/mol. The maximum Gasteiger partial charge on any atom is 0.320 e. The van der Waals surface area contributed by atoms with Gasteiger partial charge in [0.2, 0.25) is 0 Å². The number of amides is 2. The van der Waals surface area contributed by atoms with Gasteiger partial charge in [-0.1, -0.05) is 18.2 Å². The highest BCUT2D eigenvalue weighted by Crippen LogP contribution is 2.17. The average molecular weight is 290 g/mol. The molecule has 2 rings (SSSR count). The van der Waals surface area contributed by atoms with Crippen molar-refractivity contribution in [3.05, 3.63) is 42.6 Å². The molecule has 1 heterocycles. The SMILES string of the molecule is Cn1ccc(NC(=O)NCCCSc2ccccc2)n1. The molecular formula is C14H18N4OS. The number of benzene rings is 1. The summed E-state index contributed by atoms with van der Waals surface area (Å²) in [6.45, 7) is 0.651. The first-order chi connectivity index (χ1) is 9.74. The molecule has 2 aromatic rings. The first kappa shape index (κ1) is 14.5. The Hall–Kier alpha value is -1.95. The molecule has 5 nitrogen and oxygen atoms in total. The lowest BCUT2D eigenvalue weighted by Crippen LogP contribution is -2.30. The van der Waals surface area contributed by atoms with Crippen LogP contribution in [0.5, 0.6) is 0 Å². The number of aromatic nitrogens is 2. The number of carbonyl (C=O) groups excluding carboxylic acids is 1. The van der Waals surface area contributed by atoms with E-state index in [1.165, 1.54) is 4.90 Å². The Balaban J connectivity index is 1.58. The molecule has 0 unspecified atom stereocenters. The number of nitrogens with zero attached hydrogens (tertiary/aromatic N) is 2. The standard InChI is InChI=1S/C14H18N4OS/c1-18-10-8-13(17-18)16-14(19)15-9-5-11-20-12-6-3-2-4-7-12/h2-4,6-8,10H,5,9,11H2,1H3,(H2,15,16,17,19). The van der Waals surface area contributed by atoms with E-state index in [9.17, 15) is 4.79 Å². The van der Waals surface area contributed by atoms with Crippen molar-refractivity contribution in [3.8, 4) is 0 Å². The normalized spacial score (nSPS) is 10.2.